The van der Waals surface area contributed by atoms with Crippen LogP contribution in [0.25, 0.3) is 5.69 Å². The van der Waals surface area contributed by atoms with Crippen LogP contribution in [0.15, 0.2) is 48.5 Å². The number of quaternary nitrogens is 1. The lowest BCUT2D eigenvalue weighted by molar-refractivity contribution is -0.929. The maximum absolute atomic E-state index is 9.80. The van der Waals surface area contributed by atoms with Gasteiger partial charge in [-0.05, 0) is 43.3 Å². The first-order valence-electron chi connectivity index (χ1n) is 10.3. The van der Waals surface area contributed by atoms with Gasteiger partial charge >= 0.3 is 0 Å². The highest BCUT2D eigenvalue weighted by molar-refractivity contribution is 7.71. The summed E-state index contributed by atoms with van der Waals surface area (Å²) in [4.78, 5) is 1.42. The number of likely N-dealkylation sites (tertiary alicyclic amines) is 1. The summed E-state index contributed by atoms with van der Waals surface area (Å²) in [6, 6.07) is 16.9. The summed E-state index contributed by atoms with van der Waals surface area (Å²) in [5, 5.41) is 14.8. The molecule has 0 unspecified atom stereocenters. The van der Waals surface area contributed by atoms with Crippen LogP contribution >= 0.6 is 12.2 Å². The van der Waals surface area contributed by atoms with Crippen LogP contribution in [0.4, 0.5) is 0 Å². The normalized spacial score (nSPS) is 19.4. The molecule has 0 spiro atoms. The third-order valence-corrected chi connectivity index (χ3v) is 6.13. The Kier molecular flexibility index (Phi) is 5.94. The molecule has 0 amide bonds. The Balaban J connectivity index is 1.72. The fourth-order valence-corrected chi connectivity index (χ4v) is 4.44. The van der Waals surface area contributed by atoms with Crippen LogP contribution in [0.2, 0.25) is 0 Å². The predicted molar refractivity (Wildman–Crippen MR) is 117 cm³/mol. The van der Waals surface area contributed by atoms with Crippen LogP contribution in [-0.4, -0.2) is 38.6 Å². The average Bonchev–Trinajstić information content (AvgIpc) is 2.99. The van der Waals surface area contributed by atoms with Gasteiger partial charge < -0.3 is 10.0 Å². The zero-order chi connectivity index (χ0) is 20.4. The number of aliphatic hydroxyl groups excluding tert-OH is 1. The maximum atomic E-state index is 9.80. The molecule has 152 valence electrons. The van der Waals surface area contributed by atoms with Crippen molar-refractivity contribution in [2.45, 2.75) is 45.9 Å². The van der Waals surface area contributed by atoms with Crippen molar-refractivity contribution in [1.82, 2.24) is 14.3 Å². The first-order chi connectivity index (χ1) is 14.0. The van der Waals surface area contributed by atoms with Crippen molar-refractivity contribution < 1.29 is 10.0 Å². The Hall–Kier alpha value is -2.28. The van der Waals surface area contributed by atoms with Gasteiger partial charge in [0.25, 0.3) is 0 Å². The zero-order valence-corrected chi connectivity index (χ0v) is 18.0. The van der Waals surface area contributed by atoms with Crippen molar-refractivity contribution in [1.29, 1.82) is 0 Å². The van der Waals surface area contributed by atoms with Gasteiger partial charge in [-0.1, -0.05) is 48.0 Å². The van der Waals surface area contributed by atoms with Crippen LogP contribution in [0.1, 0.15) is 35.4 Å². The van der Waals surface area contributed by atoms with Gasteiger partial charge in [-0.2, -0.15) is 9.78 Å². The molecule has 1 aromatic heterocycles. The van der Waals surface area contributed by atoms with E-state index >= 15 is 0 Å². The Labute approximate surface area is 177 Å². The van der Waals surface area contributed by atoms with E-state index in [-0.39, 0.29) is 6.10 Å². The first-order valence-corrected chi connectivity index (χ1v) is 10.7. The summed E-state index contributed by atoms with van der Waals surface area (Å²) >= 11 is 5.90. The molecular weight excluding hydrogens is 380 g/mol. The Bertz CT molecular complexity index is 1030. The summed E-state index contributed by atoms with van der Waals surface area (Å²) in [7, 11) is 0. The van der Waals surface area contributed by atoms with Gasteiger partial charge in [-0.25, -0.2) is 0 Å². The van der Waals surface area contributed by atoms with Gasteiger partial charge in [0.15, 0.2) is 6.67 Å². The van der Waals surface area contributed by atoms with E-state index in [9.17, 15) is 5.11 Å². The van der Waals surface area contributed by atoms with Crippen molar-refractivity contribution in [2.24, 2.45) is 0 Å². The molecular formula is C23H29N4OS+. The number of rotatable bonds is 5. The third kappa shape index (κ3) is 4.50. The van der Waals surface area contributed by atoms with E-state index in [1.807, 2.05) is 10.7 Å². The highest BCUT2D eigenvalue weighted by atomic mass is 32.1. The second-order valence-electron chi connectivity index (χ2n) is 8.13. The van der Waals surface area contributed by atoms with Crippen LogP contribution in [0, 0.1) is 18.6 Å². The average molecular weight is 410 g/mol. The Morgan fingerprint density at radius 3 is 2.52 bits per heavy atom. The molecule has 0 radical (unpaired) electrons. The van der Waals surface area contributed by atoms with Gasteiger partial charge in [-0.3, -0.25) is 4.57 Å². The molecule has 3 aromatic rings. The number of aromatic nitrogens is 3. The molecule has 1 fully saturated rings. The number of hydrogen-bond donors (Lipinski definition) is 2. The van der Waals surface area contributed by atoms with Gasteiger partial charge in [0.1, 0.15) is 5.82 Å². The van der Waals surface area contributed by atoms with Crippen LogP contribution in [-0.2, 0) is 13.1 Å². The number of piperidine rings is 1. The predicted octanol–water partition coefficient (Wildman–Crippen LogP) is 2.61. The number of benzene rings is 2. The molecule has 5 nitrogen and oxygen atoms in total. The van der Waals surface area contributed by atoms with E-state index in [2.05, 4.69) is 60.9 Å². The zero-order valence-electron chi connectivity index (χ0n) is 17.1. The highest BCUT2D eigenvalue weighted by Crippen LogP contribution is 2.20. The number of aliphatic hydroxyl groups is 1. The smallest absolute Gasteiger partial charge is 0.207 e. The molecule has 1 aliphatic heterocycles. The molecule has 4 rings (SSSR count). The SMILES string of the molecule is Cc1ccc(-n2c(Cc3ccccc3)nn(C[NH+]3CCC(O)CC3)c2=S)c(C)c1. The minimum Gasteiger partial charge on any atom is -0.393 e. The topological polar surface area (TPSA) is 47.4 Å². The van der Waals surface area contributed by atoms with E-state index in [1.165, 1.54) is 21.6 Å². The van der Waals surface area contributed by atoms with E-state index in [4.69, 9.17) is 17.3 Å². The van der Waals surface area contributed by atoms with E-state index in [0.717, 1.165) is 55.3 Å². The highest BCUT2D eigenvalue weighted by Gasteiger charge is 2.22. The second kappa shape index (κ2) is 8.61. The lowest BCUT2D eigenvalue weighted by Crippen LogP contribution is -3.12. The summed E-state index contributed by atoms with van der Waals surface area (Å²) in [5.41, 5.74) is 4.76. The molecule has 0 bridgehead atoms. The quantitative estimate of drug-likeness (QED) is 0.637. The molecule has 1 aliphatic rings. The molecule has 2 N–H and O–H groups in total. The maximum Gasteiger partial charge on any atom is 0.207 e. The largest absolute Gasteiger partial charge is 0.393 e. The van der Waals surface area contributed by atoms with Gasteiger partial charge in [-0.15, -0.1) is 0 Å². The van der Waals surface area contributed by atoms with Crippen molar-refractivity contribution >= 4 is 12.2 Å². The lowest BCUT2D eigenvalue weighted by atomic mass is 10.1. The lowest BCUT2D eigenvalue weighted by Gasteiger charge is -2.26. The van der Waals surface area contributed by atoms with Crippen molar-refractivity contribution in [3.63, 3.8) is 0 Å². The van der Waals surface area contributed by atoms with Crippen LogP contribution in [0.5, 0.6) is 0 Å². The fraction of sp³-hybridized carbons (Fsp3) is 0.391. The molecule has 29 heavy (non-hydrogen) atoms. The summed E-state index contributed by atoms with van der Waals surface area (Å²) < 4.78 is 4.84. The first kappa shape index (κ1) is 20.0. The number of hydrogen-bond acceptors (Lipinski definition) is 3. The molecule has 2 aromatic carbocycles. The Morgan fingerprint density at radius 2 is 1.83 bits per heavy atom. The number of nitrogens with zero attached hydrogens (tertiary/aromatic N) is 3. The van der Waals surface area contributed by atoms with Crippen LogP contribution in [0.3, 0.4) is 0 Å². The molecule has 0 saturated carbocycles. The van der Waals surface area contributed by atoms with Crippen LogP contribution < -0.4 is 4.90 Å². The summed E-state index contributed by atoms with van der Waals surface area (Å²) in [6.07, 6.45) is 2.26. The number of aryl methyl sites for hydroxylation is 2. The molecule has 6 heteroatoms. The van der Waals surface area contributed by atoms with Gasteiger partial charge in [0, 0.05) is 19.3 Å². The fourth-order valence-electron chi connectivity index (χ4n) is 4.13. The molecule has 1 saturated heterocycles. The minimum atomic E-state index is -0.159. The van der Waals surface area contributed by atoms with E-state index < -0.39 is 0 Å². The monoisotopic (exact) mass is 409 g/mol. The third-order valence-electron chi connectivity index (χ3n) is 5.74. The standard InChI is InChI=1S/C23H28N4OS/c1-17-8-9-21(18(2)14-17)27-22(15-19-6-4-3-5-7-19)24-26(23(27)29)16-25-12-10-20(28)11-13-25/h3-9,14,20,28H,10-13,15-16H2,1-2H3/p+1. The molecule has 2 heterocycles. The molecule has 0 aliphatic carbocycles. The summed E-state index contributed by atoms with van der Waals surface area (Å²) in [6.45, 7) is 6.88. The number of nitrogens with one attached hydrogen (secondary N) is 1. The summed E-state index contributed by atoms with van der Waals surface area (Å²) in [5.74, 6) is 0.963. The Morgan fingerprint density at radius 1 is 1.10 bits per heavy atom. The van der Waals surface area contributed by atoms with Crippen molar-refractivity contribution in [3.8, 4) is 5.69 Å². The van der Waals surface area contributed by atoms with E-state index in [1.54, 1.807) is 0 Å². The van der Waals surface area contributed by atoms with Crippen molar-refractivity contribution in [2.75, 3.05) is 13.1 Å². The molecule has 0 atom stereocenters. The van der Waals surface area contributed by atoms with E-state index in [0.29, 0.717) is 0 Å². The van der Waals surface area contributed by atoms with Gasteiger partial charge in [0.2, 0.25) is 4.77 Å². The van der Waals surface area contributed by atoms with Crippen molar-refractivity contribution in [3.05, 3.63) is 75.8 Å². The minimum absolute atomic E-state index is 0.159. The van der Waals surface area contributed by atoms with Gasteiger partial charge in [0.05, 0.1) is 24.9 Å². The second-order valence-corrected chi connectivity index (χ2v) is 8.49.